The molecule has 0 aliphatic rings. The van der Waals surface area contributed by atoms with Crippen molar-refractivity contribution in [3.05, 3.63) is 47.0 Å². The van der Waals surface area contributed by atoms with E-state index >= 15 is 0 Å². The molecule has 0 saturated heterocycles. The molecular formula is C18H22O2. The van der Waals surface area contributed by atoms with E-state index < -0.39 is 0 Å². The predicted octanol–water partition coefficient (Wildman–Crippen LogP) is 4.45. The van der Waals surface area contributed by atoms with Crippen LogP contribution < -0.4 is 0 Å². The van der Waals surface area contributed by atoms with E-state index in [1.807, 2.05) is 13.0 Å². The zero-order valence-electron chi connectivity index (χ0n) is 12.4. The van der Waals surface area contributed by atoms with E-state index in [1.54, 1.807) is 0 Å². The molecule has 2 nitrogen and oxygen atoms in total. The summed E-state index contributed by atoms with van der Waals surface area (Å²) >= 11 is 0. The average Bonchev–Trinajstić information content (AvgIpc) is 2.46. The lowest BCUT2D eigenvalue weighted by molar-refractivity contribution is 0.447. The van der Waals surface area contributed by atoms with Crippen LogP contribution in [0.25, 0.3) is 11.1 Å². The summed E-state index contributed by atoms with van der Waals surface area (Å²) in [7, 11) is 0. The molecule has 0 aliphatic carbocycles. The van der Waals surface area contributed by atoms with Gasteiger partial charge in [0.1, 0.15) is 11.5 Å². The van der Waals surface area contributed by atoms with Crippen LogP contribution in [-0.4, -0.2) is 10.2 Å². The van der Waals surface area contributed by atoms with Gasteiger partial charge in [0.2, 0.25) is 0 Å². The highest BCUT2D eigenvalue weighted by molar-refractivity contribution is 5.78. The van der Waals surface area contributed by atoms with Crippen molar-refractivity contribution in [3.8, 4) is 22.6 Å². The third-order valence-electron chi connectivity index (χ3n) is 3.85. The van der Waals surface area contributed by atoms with Crippen LogP contribution in [0.3, 0.4) is 0 Å². The Kier molecular flexibility index (Phi) is 4.33. The van der Waals surface area contributed by atoms with Gasteiger partial charge in [-0.05, 0) is 47.6 Å². The van der Waals surface area contributed by atoms with Crippen LogP contribution in [0.4, 0.5) is 0 Å². The molecule has 0 amide bonds. The van der Waals surface area contributed by atoms with Crippen LogP contribution >= 0.6 is 0 Å². The maximum Gasteiger partial charge on any atom is 0.127 e. The van der Waals surface area contributed by atoms with Crippen LogP contribution in [0.5, 0.6) is 11.5 Å². The minimum absolute atomic E-state index is 0.148. The van der Waals surface area contributed by atoms with Crippen molar-refractivity contribution in [1.82, 2.24) is 0 Å². The number of rotatable bonds is 4. The van der Waals surface area contributed by atoms with Crippen LogP contribution in [0.15, 0.2) is 30.3 Å². The number of phenols is 2. The van der Waals surface area contributed by atoms with E-state index in [4.69, 9.17) is 0 Å². The number of hydrogen-bond acceptors (Lipinski definition) is 2. The molecule has 0 saturated carbocycles. The highest BCUT2D eigenvalue weighted by Gasteiger charge is 2.15. The predicted molar refractivity (Wildman–Crippen MR) is 83.3 cm³/mol. The summed E-state index contributed by atoms with van der Waals surface area (Å²) in [5.41, 5.74) is 5.27. The molecule has 0 atom stereocenters. The molecule has 0 bridgehead atoms. The first-order chi connectivity index (χ1) is 9.62. The maximum absolute atomic E-state index is 10.2. The second-order valence-corrected chi connectivity index (χ2v) is 5.01. The van der Waals surface area contributed by atoms with E-state index in [0.717, 1.165) is 36.0 Å². The van der Waals surface area contributed by atoms with Crippen LogP contribution in [0.2, 0.25) is 0 Å². The topological polar surface area (TPSA) is 40.5 Å². The van der Waals surface area contributed by atoms with Crippen molar-refractivity contribution in [2.75, 3.05) is 0 Å². The number of hydrogen-bond donors (Lipinski definition) is 2. The summed E-state index contributed by atoms with van der Waals surface area (Å²) in [4.78, 5) is 0. The van der Waals surface area contributed by atoms with Gasteiger partial charge in [0.15, 0.2) is 0 Å². The Hall–Kier alpha value is -1.96. The normalized spacial score (nSPS) is 10.8. The van der Waals surface area contributed by atoms with Gasteiger partial charge in [0.25, 0.3) is 0 Å². The first-order valence-corrected chi connectivity index (χ1v) is 7.28. The Morgan fingerprint density at radius 3 is 1.80 bits per heavy atom. The Labute approximate surface area is 120 Å². The minimum Gasteiger partial charge on any atom is -0.508 e. The summed E-state index contributed by atoms with van der Waals surface area (Å²) in [5.74, 6) is 0.316. The van der Waals surface area contributed by atoms with Crippen molar-refractivity contribution in [2.24, 2.45) is 0 Å². The summed E-state index contributed by atoms with van der Waals surface area (Å²) in [6.07, 6.45) is 2.59. The van der Waals surface area contributed by atoms with E-state index in [-0.39, 0.29) is 11.5 Å². The third-order valence-corrected chi connectivity index (χ3v) is 3.85. The third kappa shape index (κ3) is 2.51. The van der Waals surface area contributed by atoms with E-state index in [1.165, 1.54) is 17.2 Å². The number of aryl methyl sites for hydroxylation is 3. The Bertz CT molecular complexity index is 593. The molecule has 0 unspecified atom stereocenters. The smallest absolute Gasteiger partial charge is 0.127 e. The minimum atomic E-state index is 0.148. The fourth-order valence-corrected chi connectivity index (χ4v) is 2.69. The van der Waals surface area contributed by atoms with Gasteiger partial charge in [0.05, 0.1) is 0 Å². The second-order valence-electron chi connectivity index (χ2n) is 5.01. The van der Waals surface area contributed by atoms with Gasteiger partial charge in [-0.1, -0.05) is 39.0 Å². The van der Waals surface area contributed by atoms with Gasteiger partial charge in [-0.3, -0.25) is 0 Å². The van der Waals surface area contributed by atoms with Crippen LogP contribution in [0.1, 0.15) is 37.5 Å². The van der Waals surface area contributed by atoms with Gasteiger partial charge in [0, 0.05) is 11.6 Å². The molecule has 0 fully saturated rings. The lowest BCUT2D eigenvalue weighted by atomic mass is 9.90. The van der Waals surface area contributed by atoms with Crippen molar-refractivity contribution >= 4 is 0 Å². The second kappa shape index (κ2) is 6.00. The maximum atomic E-state index is 10.2. The fourth-order valence-electron chi connectivity index (χ4n) is 2.69. The standard InChI is InChI=1S/C18H22O2/c1-4-12-8-7-9-13(5-2)18(12)15-10-14(6-3)16(19)11-17(15)20/h7-11,19-20H,4-6H2,1-3H3. The molecule has 0 aromatic heterocycles. The molecule has 2 rings (SSSR count). The quantitative estimate of drug-likeness (QED) is 0.861. The molecule has 2 N–H and O–H groups in total. The monoisotopic (exact) mass is 270 g/mol. The van der Waals surface area contributed by atoms with E-state index in [0.29, 0.717) is 0 Å². The largest absolute Gasteiger partial charge is 0.508 e. The SMILES string of the molecule is CCc1cc(-c2c(CC)cccc2CC)c(O)cc1O. The van der Waals surface area contributed by atoms with Gasteiger partial charge >= 0.3 is 0 Å². The lowest BCUT2D eigenvalue weighted by Crippen LogP contribution is -1.96. The summed E-state index contributed by atoms with van der Waals surface area (Å²) in [6.45, 7) is 6.25. The first-order valence-electron chi connectivity index (χ1n) is 7.28. The molecule has 0 radical (unpaired) electrons. The molecule has 0 spiro atoms. The van der Waals surface area contributed by atoms with Crippen LogP contribution in [0, 0.1) is 0 Å². The van der Waals surface area contributed by atoms with E-state index in [9.17, 15) is 10.2 Å². The van der Waals surface area contributed by atoms with Crippen molar-refractivity contribution in [2.45, 2.75) is 40.0 Å². The Balaban J connectivity index is 2.73. The highest BCUT2D eigenvalue weighted by Crippen LogP contribution is 2.38. The molecule has 2 aromatic carbocycles. The number of aromatic hydroxyl groups is 2. The Morgan fingerprint density at radius 2 is 1.30 bits per heavy atom. The molecule has 2 heteroatoms. The molecule has 20 heavy (non-hydrogen) atoms. The number of benzene rings is 2. The zero-order chi connectivity index (χ0) is 14.7. The van der Waals surface area contributed by atoms with Gasteiger partial charge in [-0.25, -0.2) is 0 Å². The molecule has 2 aromatic rings. The molecule has 106 valence electrons. The zero-order valence-corrected chi connectivity index (χ0v) is 12.4. The van der Waals surface area contributed by atoms with Gasteiger partial charge in [-0.15, -0.1) is 0 Å². The van der Waals surface area contributed by atoms with E-state index in [2.05, 4.69) is 32.0 Å². The summed E-state index contributed by atoms with van der Waals surface area (Å²) in [5, 5.41) is 20.1. The molecule has 0 aliphatic heterocycles. The molecular weight excluding hydrogens is 248 g/mol. The van der Waals surface area contributed by atoms with Crippen molar-refractivity contribution in [1.29, 1.82) is 0 Å². The fraction of sp³-hybridized carbons (Fsp3) is 0.333. The summed E-state index contributed by atoms with van der Waals surface area (Å²) in [6, 6.07) is 9.65. The van der Waals surface area contributed by atoms with Gasteiger partial charge < -0.3 is 10.2 Å². The van der Waals surface area contributed by atoms with Crippen LogP contribution in [-0.2, 0) is 19.3 Å². The molecule has 0 heterocycles. The summed E-state index contributed by atoms with van der Waals surface area (Å²) < 4.78 is 0. The highest BCUT2D eigenvalue weighted by atomic mass is 16.3. The average molecular weight is 270 g/mol. The Morgan fingerprint density at radius 1 is 0.750 bits per heavy atom. The first kappa shape index (κ1) is 14.4. The van der Waals surface area contributed by atoms with Crippen molar-refractivity contribution < 1.29 is 10.2 Å². The lowest BCUT2D eigenvalue weighted by Gasteiger charge is -2.16. The number of phenolic OH excluding ortho intramolecular Hbond substituents is 2. The van der Waals surface area contributed by atoms with Gasteiger partial charge in [-0.2, -0.15) is 0 Å². The van der Waals surface area contributed by atoms with Crippen molar-refractivity contribution in [3.63, 3.8) is 0 Å².